The van der Waals surface area contributed by atoms with Crippen LogP contribution >= 0.6 is 15.9 Å². The lowest BCUT2D eigenvalue weighted by atomic mass is 9.98. The van der Waals surface area contributed by atoms with Gasteiger partial charge in [-0.1, -0.05) is 15.9 Å². The van der Waals surface area contributed by atoms with Crippen molar-refractivity contribution in [3.05, 3.63) is 28.2 Å². The number of halogens is 4. The second-order valence-corrected chi connectivity index (χ2v) is 6.74. The van der Waals surface area contributed by atoms with E-state index >= 15 is 0 Å². The van der Waals surface area contributed by atoms with Crippen LogP contribution in [0.1, 0.15) is 23.2 Å². The van der Waals surface area contributed by atoms with Crippen LogP contribution in [-0.4, -0.2) is 42.5 Å². The second kappa shape index (κ2) is 5.90. The summed E-state index contributed by atoms with van der Waals surface area (Å²) in [5, 5.41) is 0. The Kier molecular flexibility index (Phi) is 4.22. The molecular weight excluding hydrogens is 377 g/mol. The lowest BCUT2D eigenvalue weighted by Crippen LogP contribution is -2.48. The molecule has 2 aliphatic heterocycles. The zero-order valence-electron chi connectivity index (χ0n) is 12.1. The maximum absolute atomic E-state index is 12.9. The van der Waals surface area contributed by atoms with Gasteiger partial charge in [0.05, 0.1) is 23.8 Å². The van der Waals surface area contributed by atoms with Crippen LogP contribution in [0.3, 0.4) is 0 Å². The van der Waals surface area contributed by atoms with Gasteiger partial charge in [-0.2, -0.15) is 13.2 Å². The van der Waals surface area contributed by atoms with Crippen molar-refractivity contribution in [2.75, 3.05) is 24.7 Å². The molecule has 23 heavy (non-hydrogen) atoms. The van der Waals surface area contributed by atoms with Gasteiger partial charge in [-0.3, -0.25) is 19.4 Å². The Bertz CT molecular complexity index is 663. The van der Waals surface area contributed by atoms with Gasteiger partial charge in [0.1, 0.15) is 0 Å². The van der Waals surface area contributed by atoms with Crippen LogP contribution in [0.25, 0.3) is 0 Å². The molecule has 8 heteroatoms. The van der Waals surface area contributed by atoms with Crippen LogP contribution in [-0.2, 0) is 4.79 Å². The molecule has 1 fully saturated rings. The fraction of sp³-hybridized carbons (Fsp3) is 0.467. The van der Waals surface area contributed by atoms with E-state index in [1.165, 1.54) is 4.90 Å². The highest BCUT2D eigenvalue weighted by Crippen LogP contribution is 2.35. The van der Waals surface area contributed by atoms with Crippen molar-refractivity contribution < 1.29 is 22.8 Å². The first-order chi connectivity index (χ1) is 10.8. The summed E-state index contributed by atoms with van der Waals surface area (Å²) in [6.45, 7) is 0.333. The standard InChI is InChI=1S/C15H14BrF3N2O2/c16-10-3-4-11-12(6-10)21(14(23)13(11)22)8-20-5-1-2-9(7-20)15(17,18)19/h3-4,6,9H,1-2,5,7-8H2. The third-order valence-electron chi connectivity index (χ3n) is 4.24. The van der Waals surface area contributed by atoms with Gasteiger partial charge in [0.15, 0.2) is 0 Å². The van der Waals surface area contributed by atoms with Gasteiger partial charge < -0.3 is 0 Å². The van der Waals surface area contributed by atoms with Crippen LogP contribution < -0.4 is 4.90 Å². The number of fused-ring (bicyclic) bond motifs is 1. The molecule has 0 saturated carbocycles. The minimum atomic E-state index is -4.23. The average Bonchev–Trinajstić information content (AvgIpc) is 2.71. The smallest absolute Gasteiger partial charge is 0.291 e. The Hall–Kier alpha value is -1.41. The molecule has 1 saturated heterocycles. The first-order valence-corrected chi connectivity index (χ1v) is 8.01. The van der Waals surface area contributed by atoms with Gasteiger partial charge in [-0.15, -0.1) is 0 Å². The van der Waals surface area contributed by atoms with Crippen molar-refractivity contribution in [1.82, 2.24) is 4.90 Å². The molecule has 0 aromatic heterocycles. The number of likely N-dealkylation sites (tertiary alicyclic amines) is 1. The number of anilines is 1. The zero-order valence-corrected chi connectivity index (χ0v) is 13.7. The minimum Gasteiger partial charge on any atom is -0.291 e. The highest BCUT2D eigenvalue weighted by atomic mass is 79.9. The van der Waals surface area contributed by atoms with Crippen molar-refractivity contribution in [2.45, 2.75) is 19.0 Å². The first-order valence-electron chi connectivity index (χ1n) is 7.22. The maximum Gasteiger partial charge on any atom is 0.393 e. The highest BCUT2D eigenvalue weighted by molar-refractivity contribution is 9.10. The summed E-state index contributed by atoms with van der Waals surface area (Å²) in [5.74, 6) is -2.68. The summed E-state index contributed by atoms with van der Waals surface area (Å²) < 4.78 is 39.4. The quantitative estimate of drug-likeness (QED) is 0.728. The summed E-state index contributed by atoms with van der Waals surface area (Å²) in [5.41, 5.74) is 0.742. The summed E-state index contributed by atoms with van der Waals surface area (Å²) in [6.07, 6.45) is -3.70. The molecule has 124 valence electrons. The lowest BCUT2D eigenvalue weighted by Gasteiger charge is -2.35. The number of amides is 1. The van der Waals surface area contributed by atoms with Crippen molar-refractivity contribution in [1.29, 1.82) is 0 Å². The van der Waals surface area contributed by atoms with Gasteiger partial charge in [-0.25, -0.2) is 0 Å². The summed E-state index contributed by atoms with van der Waals surface area (Å²) in [4.78, 5) is 27.0. The predicted molar refractivity (Wildman–Crippen MR) is 81.2 cm³/mol. The van der Waals surface area contributed by atoms with E-state index in [4.69, 9.17) is 0 Å². The van der Waals surface area contributed by atoms with Crippen molar-refractivity contribution in [3.8, 4) is 0 Å². The second-order valence-electron chi connectivity index (χ2n) is 5.82. The largest absolute Gasteiger partial charge is 0.393 e. The molecule has 1 aromatic carbocycles. The predicted octanol–water partition coefficient (Wildman–Crippen LogP) is 3.21. The molecule has 0 radical (unpaired) electrons. The number of alkyl halides is 3. The monoisotopic (exact) mass is 390 g/mol. The van der Waals surface area contributed by atoms with Crippen LogP contribution in [0.2, 0.25) is 0 Å². The molecular formula is C15H14BrF3N2O2. The van der Waals surface area contributed by atoms with Crippen LogP contribution in [0, 0.1) is 5.92 Å². The van der Waals surface area contributed by atoms with Gasteiger partial charge in [0, 0.05) is 11.0 Å². The SMILES string of the molecule is O=C1C(=O)N(CN2CCCC(C(F)(F)F)C2)c2cc(Br)ccc21. The Labute approximate surface area is 139 Å². The number of hydrogen-bond donors (Lipinski definition) is 0. The Morgan fingerprint density at radius 1 is 1.26 bits per heavy atom. The molecule has 2 aliphatic rings. The summed E-state index contributed by atoms with van der Waals surface area (Å²) in [7, 11) is 0. The topological polar surface area (TPSA) is 40.6 Å². The fourth-order valence-electron chi connectivity index (χ4n) is 3.06. The molecule has 0 N–H and O–H groups in total. The molecule has 3 rings (SSSR count). The van der Waals surface area contributed by atoms with E-state index in [1.807, 2.05) is 0 Å². The van der Waals surface area contributed by atoms with Crippen LogP contribution in [0.5, 0.6) is 0 Å². The fourth-order valence-corrected chi connectivity index (χ4v) is 3.41. The van der Waals surface area contributed by atoms with Gasteiger partial charge in [0.25, 0.3) is 5.78 Å². The van der Waals surface area contributed by atoms with Gasteiger partial charge in [0.2, 0.25) is 0 Å². The normalized spacial score (nSPS) is 22.6. The molecule has 0 spiro atoms. The molecule has 1 aromatic rings. The molecule has 0 aliphatic carbocycles. The Morgan fingerprint density at radius 3 is 2.70 bits per heavy atom. The third-order valence-corrected chi connectivity index (χ3v) is 4.74. The molecule has 1 amide bonds. The highest BCUT2D eigenvalue weighted by Gasteiger charge is 2.43. The summed E-state index contributed by atoms with van der Waals surface area (Å²) >= 11 is 3.28. The minimum absolute atomic E-state index is 0.000602. The van der Waals surface area contributed by atoms with E-state index in [2.05, 4.69) is 15.9 Å². The molecule has 1 unspecified atom stereocenters. The number of piperidine rings is 1. The van der Waals surface area contributed by atoms with Crippen LogP contribution in [0.15, 0.2) is 22.7 Å². The number of benzene rings is 1. The Morgan fingerprint density at radius 2 is 2.00 bits per heavy atom. The van der Waals surface area contributed by atoms with E-state index in [-0.39, 0.29) is 19.6 Å². The zero-order chi connectivity index (χ0) is 16.8. The van der Waals surface area contributed by atoms with E-state index in [9.17, 15) is 22.8 Å². The van der Waals surface area contributed by atoms with E-state index in [1.54, 1.807) is 23.1 Å². The number of hydrogen-bond acceptors (Lipinski definition) is 3. The average molecular weight is 391 g/mol. The van der Waals surface area contributed by atoms with E-state index in [0.29, 0.717) is 28.7 Å². The molecule has 2 heterocycles. The number of carbonyl (C=O) groups excluding carboxylic acids is 2. The Balaban J connectivity index is 1.79. The maximum atomic E-state index is 12.9. The number of Topliss-reactive ketones (excluding diaryl/α,β-unsaturated/α-hetero) is 1. The molecule has 1 atom stereocenters. The van der Waals surface area contributed by atoms with Gasteiger partial charge in [-0.05, 0) is 37.6 Å². The third kappa shape index (κ3) is 3.14. The van der Waals surface area contributed by atoms with E-state index < -0.39 is 23.8 Å². The van der Waals surface area contributed by atoms with Crippen molar-refractivity contribution >= 4 is 33.3 Å². The van der Waals surface area contributed by atoms with Crippen molar-refractivity contribution in [2.24, 2.45) is 5.92 Å². The summed E-state index contributed by atoms with van der Waals surface area (Å²) in [6, 6.07) is 4.85. The first kappa shape index (κ1) is 16.4. The van der Waals surface area contributed by atoms with Gasteiger partial charge >= 0.3 is 12.1 Å². The van der Waals surface area contributed by atoms with Crippen LogP contribution in [0.4, 0.5) is 18.9 Å². The lowest BCUT2D eigenvalue weighted by molar-refractivity contribution is -0.186. The molecule has 4 nitrogen and oxygen atoms in total. The number of rotatable bonds is 2. The number of nitrogens with zero attached hydrogens (tertiary/aromatic N) is 2. The number of carbonyl (C=O) groups is 2. The number of ketones is 1. The molecule has 0 bridgehead atoms. The van der Waals surface area contributed by atoms with Crippen molar-refractivity contribution in [3.63, 3.8) is 0 Å². The van der Waals surface area contributed by atoms with E-state index in [0.717, 1.165) is 0 Å².